The van der Waals surface area contributed by atoms with Crippen molar-refractivity contribution in [2.45, 2.75) is 37.5 Å². The summed E-state index contributed by atoms with van der Waals surface area (Å²) in [7, 11) is 0. The van der Waals surface area contributed by atoms with Gasteiger partial charge in [0.05, 0.1) is 5.60 Å². The van der Waals surface area contributed by atoms with Crippen molar-refractivity contribution in [3.63, 3.8) is 0 Å². The van der Waals surface area contributed by atoms with E-state index in [9.17, 15) is 18.0 Å². The summed E-state index contributed by atoms with van der Waals surface area (Å²) in [4.78, 5) is 22.4. The molecule has 0 radical (unpaired) electrons. The second kappa shape index (κ2) is 7.04. The summed E-state index contributed by atoms with van der Waals surface area (Å²) in [5.74, 6) is -1.76. The number of hydrogen-bond donors (Lipinski definition) is 2. The lowest BCUT2D eigenvalue weighted by Gasteiger charge is -2.43. The van der Waals surface area contributed by atoms with E-state index in [1.165, 1.54) is 6.42 Å². The fraction of sp³-hybridized carbons (Fsp3) is 0.857. The van der Waals surface area contributed by atoms with Crippen LogP contribution < -0.4 is 5.32 Å². The van der Waals surface area contributed by atoms with Crippen LogP contribution in [-0.4, -0.2) is 66.4 Å². The number of hydrogen-bond acceptors (Lipinski definition) is 4. The van der Waals surface area contributed by atoms with Gasteiger partial charge in [-0.05, 0) is 25.2 Å². The second-order valence-electron chi connectivity index (χ2n) is 6.08. The first-order valence-corrected chi connectivity index (χ1v) is 7.67. The molecule has 9 heteroatoms. The Balaban J connectivity index is 0.000000236. The molecular weight excluding hydrogens is 317 g/mol. The maximum atomic E-state index is 11.5. The summed E-state index contributed by atoms with van der Waals surface area (Å²) in [6.45, 7) is 4.82. The van der Waals surface area contributed by atoms with E-state index < -0.39 is 12.1 Å². The number of carboxylic acid groups (broad SMARTS) is 1. The third-order valence-corrected chi connectivity index (χ3v) is 4.61. The number of halogens is 3. The summed E-state index contributed by atoms with van der Waals surface area (Å²) in [5, 5.41) is 10.4. The molecular formula is C14H21F3N2O4. The van der Waals surface area contributed by atoms with Crippen molar-refractivity contribution in [3.05, 3.63) is 0 Å². The maximum Gasteiger partial charge on any atom is 0.490 e. The molecule has 0 aromatic carbocycles. The van der Waals surface area contributed by atoms with Gasteiger partial charge in [0.1, 0.15) is 0 Å². The van der Waals surface area contributed by atoms with Crippen molar-refractivity contribution >= 4 is 11.9 Å². The van der Waals surface area contributed by atoms with Gasteiger partial charge in [-0.2, -0.15) is 13.2 Å². The van der Waals surface area contributed by atoms with Gasteiger partial charge in [-0.3, -0.25) is 4.79 Å². The molecule has 1 amide bonds. The molecule has 3 saturated heterocycles. The zero-order chi connectivity index (χ0) is 17.1. The molecule has 3 heterocycles. The molecule has 0 saturated carbocycles. The van der Waals surface area contributed by atoms with E-state index in [1.807, 2.05) is 4.90 Å². The normalized spacial score (nSPS) is 26.0. The standard InChI is InChI=1S/C12H20N2O2.C2HF3O2/c15-11-2-1-5-14(11)6-3-10-4-7-16-12(10)8-13-9-12;3-2(4,5)1(6)7/h10,13H,1-9H2;(H,6,7). The molecule has 1 spiro atoms. The van der Waals surface area contributed by atoms with E-state index in [1.54, 1.807) is 0 Å². The molecule has 0 aromatic heterocycles. The molecule has 23 heavy (non-hydrogen) atoms. The lowest BCUT2D eigenvalue weighted by molar-refractivity contribution is -0.192. The van der Waals surface area contributed by atoms with E-state index in [0.29, 0.717) is 11.8 Å². The van der Waals surface area contributed by atoms with Crippen LogP contribution in [0, 0.1) is 5.92 Å². The van der Waals surface area contributed by atoms with Gasteiger partial charge >= 0.3 is 12.1 Å². The Morgan fingerprint density at radius 2 is 2.09 bits per heavy atom. The number of rotatable bonds is 3. The summed E-state index contributed by atoms with van der Waals surface area (Å²) in [6, 6.07) is 0. The average molecular weight is 338 g/mol. The topological polar surface area (TPSA) is 78.9 Å². The van der Waals surface area contributed by atoms with Crippen LogP contribution in [0.15, 0.2) is 0 Å². The number of carboxylic acids is 1. The Hall–Kier alpha value is -1.35. The molecule has 0 bridgehead atoms. The highest BCUT2D eigenvalue weighted by Crippen LogP contribution is 2.37. The lowest BCUT2D eigenvalue weighted by atomic mass is 9.80. The second-order valence-corrected chi connectivity index (χ2v) is 6.08. The minimum Gasteiger partial charge on any atom is -0.475 e. The van der Waals surface area contributed by atoms with Crippen LogP contribution in [0.3, 0.4) is 0 Å². The molecule has 6 nitrogen and oxygen atoms in total. The van der Waals surface area contributed by atoms with Gasteiger partial charge in [0.15, 0.2) is 0 Å². The minimum absolute atomic E-state index is 0.128. The van der Waals surface area contributed by atoms with Gasteiger partial charge in [0.2, 0.25) is 5.91 Å². The van der Waals surface area contributed by atoms with Crippen LogP contribution in [0.5, 0.6) is 0 Å². The Morgan fingerprint density at radius 1 is 1.43 bits per heavy atom. The molecule has 2 N–H and O–H groups in total. The number of nitrogens with one attached hydrogen (secondary N) is 1. The molecule has 0 aromatic rings. The van der Waals surface area contributed by atoms with Gasteiger partial charge in [-0.25, -0.2) is 4.79 Å². The lowest BCUT2D eigenvalue weighted by Crippen LogP contribution is -2.62. The molecule has 3 fully saturated rings. The van der Waals surface area contributed by atoms with Crippen molar-refractivity contribution in [1.29, 1.82) is 0 Å². The number of carbonyl (C=O) groups excluding carboxylic acids is 1. The fourth-order valence-electron chi connectivity index (χ4n) is 3.21. The van der Waals surface area contributed by atoms with Gasteiger partial charge in [-0.15, -0.1) is 0 Å². The Morgan fingerprint density at radius 3 is 2.52 bits per heavy atom. The summed E-state index contributed by atoms with van der Waals surface area (Å²) in [6.07, 6.45) is -0.988. The van der Waals surface area contributed by atoms with Crippen molar-refractivity contribution < 1.29 is 32.6 Å². The van der Waals surface area contributed by atoms with E-state index in [2.05, 4.69) is 5.32 Å². The molecule has 132 valence electrons. The van der Waals surface area contributed by atoms with Crippen LogP contribution in [0.1, 0.15) is 25.7 Å². The number of ether oxygens (including phenoxy) is 1. The SMILES string of the molecule is O=C(O)C(F)(F)F.O=C1CCCN1CCC1CCOC12CNC2. The summed E-state index contributed by atoms with van der Waals surface area (Å²) >= 11 is 0. The quantitative estimate of drug-likeness (QED) is 0.803. The Labute approximate surface area is 132 Å². The average Bonchev–Trinajstić information content (AvgIpc) is 3.01. The summed E-state index contributed by atoms with van der Waals surface area (Å²) < 4.78 is 37.6. The first-order valence-electron chi connectivity index (χ1n) is 7.67. The molecule has 3 rings (SSSR count). The van der Waals surface area contributed by atoms with Crippen LogP contribution in [0.2, 0.25) is 0 Å². The third-order valence-electron chi connectivity index (χ3n) is 4.61. The number of nitrogens with zero attached hydrogens (tertiary/aromatic N) is 1. The molecule has 3 aliphatic rings. The number of amides is 1. The highest BCUT2D eigenvalue weighted by atomic mass is 19.4. The number of likely N-dealkylation sites (tertiary alicyclic amines) is 1. The van der Waals surface area contributed by atoms with Crippen LogP contribution in [0.25, 0.3) is 0 Å². The number of carbonyl (C=O) groups is 2. The van der Waals surface area contributed by atoms with E-state index >= 15 is 0 Å². The highest BCUT2D eigenvalue weighted by Gasteiger charge is 2.48. The van der Waals surface area contributed by atoms with Gasteiger partial charge in [-0.1, -0.05) is 0 Å². The largest absolute Gasteiger partial charge is 0.490 e. The molecule has 1 unspecified atom stereocenters. The molecule has 0 aliphatic carbocycles. The predicted octanol–water partition coefficient (Wildman–Crippen LogP) is 1.01. The maximum absolute atomic E-state index is 11.5. The van der Waals surface area contributed by atoms with E-state index in [0.717, 1.165) is 52.0 Å². The van der Waals surface area contributed by atoms with Crippen LogP contribution >= 0.6 is 0 Å². The van der Waals surface area contributed by atoms with E-state index in [4.69, 9.17) is 14.6 Å². The summed E-state index contributed by atoms with van der Waals surface area (Å²) in [5.41, 5.74) is 0.128. The van der Waals surface area contributed by atoms with Crippen LogP contribution in [-0.2, 0) is 14.3 Å². The Kier molecular flexibility index (Phi) is 5.51. The fourth-order valence-corrected chi connectivity index (χ4v) is 3.21. The van der Waals surface area contributed by atoms with Crippen molar-refractivity contribution in [2.75, 3.05) is 32.8 Å². The smallest absolute Gasteiger partial charge is 0.475 e. The monoisotopic (exact) mass is 338 g/mol. The minimum atomic E-state index is -5.08. The van der Waals surface area contributed by atoms with Gasteiger partial charge in [0, 0.05) is 39.2 Å². The van der Waals surface area contributed by atoms with Crippen LogP contribution in [0.4, 0.5) is 13.2 Å². The van der Waals surface area contributed by atoms with Crippen molar-refractivity contribution in [1.82, 2.24) is 10.2 Å². The zero-order valence-corrected chi connectivity index (χ0v) is 12.7. The van der Waals surface area contributed by atoms with E-state index in [-0.39, 0.29) is 5.60 Å². The van der Waals surface area contributed by atoms with Gasteiger partial charge in [0.25, 0.3) is 0 Å². The molecule has 1 atom stereocenters. The van der Waals surface area contributed by atoms with Gasteiger partial charge < -0.3 is 20.1 Å². The predicted molar refractivity (Wildman–Crippen MR) is 73.8 cm³/mol. The zero-order valence-electron chi connectivity index (χ0n) is 12.7. The number of alkyl halides is 3. The van der Waals surface area contributed by atoms with Crippen molar-refractivity contribution in [3.8, 4) is 0 Å². The third kappa shape index (κ3) is 4.35. The highest BCUT2D eigenvalue weighted by molar-refractivity contribution is 5.78. The first kappa shape index (κ1) is 18.0. The number of aliphatic carboxylic acids is 1. The Bertz CT molecular complexity index is 452. The first-order chi connectivity index (χ1) is 10.7. The van der Waals surface area contributed by atoms with Crippen molar-refractivity contribution in [2.24, 2.45) is 5.92 Å². The molecule has 3 aliphatic heterocycles.